The Kier molecular flexibility index (Phi) is 4.41. The van der Waals surface area contributed by atoms with Crippen molar-refractivity contribution >= 4 is 0 Å². The molecule has 0 spiro atoms. The molecule has 0 amide bonds. The van der Waals surface area contributed by atoms with Crippen molar-refractivity contribution in [3.05, 3.63) is 35.4 Å². The van der Waals surface area contributed by atoms with Crippen molar-refractivity contribution in [2.24, 2.45) is 0 Å². The molecule has 1 heteroatoms. The number of benzene rings is 1. The van der Waals surface area contributed by atoms with E-state index < -0.39 is 0 Å². The Morgan fingerprint density at radius 3 is 3.00 bits per heavy atom. The summed E-state index contributed by atoms with van der Waals surface area (Å²) in [5.74, 6) is 0.800. The molecule has 1 atom stereocenters. The maximum Gasteiger partial charge on any atom is -0.00431 e. The largest absolute Gasteiger partial charge is 0.317 e. The standard InChI is InChI=1S/C15H23N/c1-2-11-16-12-10-14-8-5-7-13-6-3-4-9-15(13)14/h3-4,6,9,14,16H,2,5,7-8,10-12H2,1H3. The summed E-state index contributed by atoms with van der Waals surface area (Å²) in [6, 6.07) is 9.01. The molecule has 0 radical (unpaired) electrons. The minimum Gasteiger partial charge on any atom is -0.317 e. The van der Waals surface area contributed by atoms with Gasteiger partial charge in [0.2, 0.25) is 0 Å². The minimum absolute atomic E-state index is 0.800. The first-order chi connectivity index (χ1) is 7.92. The summed E-state index contributed by atoms with van der Waals surface area (Å²) in [6.07, 6.45) is 6.58. The molecule has 16 heavy (non-hydrogen) atoms. The molecule has 1 N–H and O–H groups in total. The highest BCUT2D eigenvalue weighted by Gasteiger charge is 2.18. The van der Waals surface area contributed by atoms with Crippen LogP contribution in [0.15, 0.2) is 24.3 Å². The lowest BCUT2D eigenvalue weighted by atomic mass is 9.81. The van der Waals surface area contributed by atoms with Gasteiger partial charge in [0.25, 0.3) is 0 Å². The van der Waals surface area contributed by atoms with Crippen molar-refractivity contribution in [1.82, 2.24) is 5.32 Å². The second-order valence-corrected chi connectivity index (χ2v) is 4.83. The van der Waals surface area contributed by atoms with Gasteiger partial charge in [-0.2, -0.15) is 0 Å². The summed E-state index contributed by atoms with van der Waals surface area (Å²) in [7, 11) is 0. The van der Waals surface area contributed by atoms with Gasteiger partial charge in [0.05, 0.1) is 0 Å². The van der Waals surface area contributed by atoms with Crippen molar-refractivity contribution in [2.45, 2.75) is 44.9 Å². The van der Waals surface area contributed by atoms with E-state index in [4.69, 9.17) is 0 Å². The quantitative estimate of drug-likeness (QED) is 0.744. The average molecular weight is 217 g/mol. The molecule has 0 saturated carbocycles. The zero-order chi connectivity index (χ0) is 11.2. The van der Waals surface area contributed by atoms with Crippen molar-refractivity contribution in [2.75, 3.05) is 13.1 Å². The predicted molar refractivity (Wildman–Crippen MR) is 69.9 cm³/mol. The van der Waals surface area contributed by atoms with Crippen molar-refractivity contribution < 1.29 is 0 Å². The van der Waals surface area contributed by atoms with Crippen LogP contribution >= 0.6 is 0 Å². The molecule has 0 saturated heterocycles. The topological polar surface area (TPSA) is 12.0 Å². The van der Waals surface area contributed by atoms with Crippen LogP contribution in [0.5, 0.6) is 0 Å². The highest BCUT2D eigenvalue weighted by molar-refractivity contribution is 5.32. The molecule has 0 heterocycles. The third kappa shape index (κ3) is 2.85. The first kappa shape index (κ1) is 11.7. The molecule has 88 valence electrons. The number of fused-ring (bicyclic) bond motifs is 1. The highest BCUT2D eigenvalue weighted by atomic mass is 14.8. The van der Waals surface area contributed by atoms with Crippen molar-refractivity contribution in [3.63, 3.8) is 0 Å². The van der Waals surface area contributed by atoms with Crippen LogP contribution in [0.4, 0.5) is 0 Å². The number of aryl methyl sites for hydroxylation is 1. The van der Waals surface area contributed by atoms with E-state index >= 15 is 0 Å². The monoisotopic (exact) mass is 217 g/mol. The molecule has 0 fully saturated rings. The lowest BCUT2D eigenvalue weighted by molar-refractivity contribution is 0.498. The number of nitrogens with one attached hydrogen (secondary N) is 1. The van der Waals surface area contributed by atoms with Gasteiger partial charge in [-0.1, -0.05) is 31.2 Å². The number of hydrogen-bond acceptors (Lipinski definition) is 1. The van der Waals surface area contributed by atoms with Crippen LogP contribution < -0.4 is 5.32 Å². The second kappa shape index (κ2) is 6.05. The zero-order valence-corrected chi connectivity index (χ0v) is 10.3. The minimum atomic E-state index is 0.800. The first-order valence-electron chi connectivity index (χ1n) is 6.70. The van der Waals surface area contributed by atoms with Crippen molar-refractivity contribution in [1.29, 1.82) is 0 Å². The van der Waals surface area contributed by atoms with E-state index in [2.05, 4.69) is 36.5 Å². The fourth-order valence-corrected chi connectivity index (χ4v) is 2.73. The lowest BCUT2D eigenvalue weighted by Crippen LogP contribution is -2.20. The molecule has 1 nitrogen and oxygen atoms in total. The van der Waals surface area contributed by atoms with Crippen molar-refractivity contribution in [3.8, 4) is 0 Å². The van der Waals surface area contributed by atoms with Gasteiger partial charge in [0.1, 0.15) is 0 Å². The SMILES string of the molecule is CCCNCCC1CCCc2ccccc21. The van der Waals surface area contributed by atoms with Crippen LogP contribution in [-0.4, -0.2) is 13.1 Å². The van der Waals surface area contributed by atoms with E-state index in [-0.39, 0.29) is 0 Å². The van der Waals surface area contributed by atoms with Gasteiger partial charge in [-0.25, -0.2) is 0 Å². The highest BCUT2D eigenvalue weighted by Crippen LogP contribution is 2.33. The van der Waals surface area contributed by atoms with E-state index in [1.165, 1.54) is 38.6 Å². The van der Waals surface area contributed by atoms with Crippen LogP contribution in [-0.2, 0) is 6.42 Å². The van der Waals surface area contributed by atoms with Crippen LogP contribution in [0, 0.1) is 0 Å². The van der Waals surface area contributed by atoms with Gasteiger partial charge in [0, 0.05) is 0 Å². The predicted octanol–water partition coefficient (Wildman–Crippen LogP) is 3.50. The van der Waals surface area contributed by atoms with Gasteiger partial charge < -0.3 is 5.32 Å². The molecule has 0 aliphatic heterocycles. The van der Waals surface area contributed by atoms with E-state index in [9.17, 15) is 0 Å². The summed E-state index contributed by atoms with van der Waals surface area (Å²) in [5, 5.41) is 3.51. The Labute approximate surface area is 99.3 Å². The Morgan fingerprint density at radius 1 is 1.25 bits per heavy atom. The molecule has 1 aromatic carbocycles. The second-order valence-electron chi connectivity index (χ2n) is 4.83. The fourth-order valence-electron chi connectivity index (χ4n) is 2.73. The third-order valence-corrected chi connectivity index (χ3v) is 3.59. The summed E-state index contributed by atoms with van der Waals surface area (Å²) < 4.78 is 0. The Bertz CT molecular complexity index is 319. The van der Waals surface area contributed by atoms with E-state index in [1.807, 2.05) is 0 Å². The first-order valence-corrected chi connectivity index (χ1v) is 6.70. The maximum atomic E-state index is 3.51. The smallest absolute Gasteiger partial charge is 0.00431 e. The Hall–Kier alpha value is -0.820. The van der Waals surface area contributed by atoms with E-state index in [0.717, 1.165) is 12.5 Å². The maximum absolute atomic E-state index is 3.51. The van der Waals surface area contributed by atoms with E-state index in [1.54, 1.807) is 11.1 Å². The van der Waals surface area contributed by atoms with Crippen LogP contribution in [0.1, 0.15) is 49.7 Å². The molecule has 1 aliphatic rings. The fraction of sp³-hybridized carbons (Fsp3) is 0.600. The average Bonchev–Trinajstić information content (AvgIpc) is 2.35. The number of rotatable bonds is 5. The van der Waals surface area contributed by atoms with Gasteiger partial charge in [-0.05, 0) is 62.2 Å². The Morgan fingerprint density at radius 2 is 2.12 bits per heavy atom. The van der Waals surface area contributed by atoms with Gasteiger partial charge in [-0.3, -0.25) is 0 Å². The molecule has 1 aromatic rings. The van der Waals surface area contributed by atoms with Gasteiger partial charge >= 0.3 is 0 Å². The molecule has 1 aliphatic carbocycles. The van der Waals surface area contributed by atoms with Crippen LogP contribution in [0.3, 0.4) is 0 Å². The molecule has 1 unspecified atom stereocenters. The van der Waals surface area contributed by atoms with Gasteiger partial charge in [0.15, 0.2) is 0 Å². The normalized spacial score (nSPS) is 19.4. The van der Waals surface area contributed by atoms with Crippen LogP contribution in [0.2, 0.25) is 0 Å². The number of hydrogen-bond donors (Lipinski definition) is 1. The summed E-state index contributed by atoms with van der Waals surface area (Å²) in [6.45, 7) is 4.56. The summed E-state index contributed by atoms with van der Waals surface area (Å²) in [4.78, 5) is 0. The van der Waals surface area contributed by atoms with E-state index in [0.29, 0.717) is 0 Å². The lowest BCUT2D eigenvalue weighted by Gasteiger charge is -2.25. The van der Waals surface area contributed by atoms with Gasteiger partial charge in [-0.15, -0.1) is 0 Å². The molecule has 0 bridgehead atoms. The van der Waals surface area contributed by atoms with Crippen LogP contribution in [0.25, 0.3) is 0 Å². The third-order valence-electron chi connectivity index (χ3n) is 3.59. The zero-order valence-electron chi connectivity index (χ0n) is 10.3. The molecule has 2 rings (SSSR count). The summed E-state index contributed by atoms with van der Waals surface area (Å²) in [5.41, 5.74) is 3.21. The molecular weight excluding hydrogens is 194 g/mol. The molecule has 0 aromatic heterocycles. The summed E-state index contributed by atoms with van der Waals surface area (Å²) >= 11 is 0. The molecular formula is C15H23N. The Balaban J connectivity index is 1.91.